The number of hydrogen-bond donors (Lipinski definition) is 2. The molecule has 0 saturated carbocycles. The number of alkyl halides is 3. The number of para-hydroxylation sites is 1. The summed E-state index contributed by atoms with van der Waals surface area (Å²) in [5.41, 5.74) is -0.614. The van der Waals surface area contributed by atoms with Crippen LogP contribution in [0.3, 0.4) is 0 Å². The van der Waals surface area contributed by atoms with E-state index in [4.69, 9.17) is 0 Å². The highest BCUT2D eigenvalue weighted by Gasteiger charge is 2.34. The Labute approximate surface area is 162 Å². The van der Waals surface area contributed by atoms with E-state index >= 15 is 0 Å². The first-order valence-electron chi connectivity index (χ1n) is 8.13. The zero-order valence-electron chi connectivity index (χ0n) is 14.3. The van der Waals surface area contributed by atoms with Crippen LogP contribution in [-0.4, -0.2) is 28.1 Å². The van der Waals surface area contributed by atoms with Gasteiger partial charge in [0.05, 0.1) is 17.3 Å². The molecule has 0 spiro atoms. The third kappa shape index (κ3) is 4.58. The van der Waals surface area contributed by atoms with Crippen molar-refractivity contribution in [2.45, 2.75) is 12.2 Å². The van der Waals surface area contributed by atoms with Gasteiger partial charge in [0.25, 0.3) is 0 Å². The normalized spacial score (nSPS) is 12.4. The first-order chi connectivity index (χ1) is 13.4. The minimum Gasteiger partial charge on any atom is -0.345 e. The Bertz CT molecular complexity index is 906. The molecule has 1 aromatic carbocycles. The molecule has 3 rings (SSSR count). The van der Waals surface area contributed by atoms with Gasteiger partial charge in [-0.2, -0.15) is 29.6 Å². The molecule has 0 saturated heterocycles. The second kappa shape index (κ2) is 8.26. The van der Waals surface area contributed by atoms with Gasteiger partial charge in [-0.25, -0.2) is 0 Å². The van der Waals surface area contributed by atoms with Gasteiger partial charge in [0, 0.05) is 18.9 Å². The van der Waals surface area contributed by atoms with Gasteiger partial charge < -0.3 is 10.6 Å². The van der Waals surface area contributed by atoms with E-state index in [1.54, 1.807) is 23.1 Å². The summed E-state index contributed by atoms with van der Waals surface area (Å²) in [6.07, 6.45) is -1.35. The largest absolute Gasteiger partial charge is 0.418 e. The fourth-order valence-electron chi connectivity index (χ4n) is 2.58. The molecule has 0 bridgehead atoms. The van der Waals surface area contributed by atoms with Crippen LogP contribution in [-0.2, 0) is 15.8 Å². The van der Waals surface area contributed by atoms with Crippen molar-refractivity contribution in [3.05, 3.63) is 70.7 Å². The molecule has 28 heavy (non-hydrogen) atoms. The summed E-state index contributed by atoms with van der Waals surface area (Å²) in [4.78, 5) is 24.2. The first-order valence-corrected chi connectivity index (χ1v) is 9.07. The quantitative estimate of drug-likeness (QED) is 0.636. The lowest BCUT2D eigenvalue weighted by atomic mass is 10.1. The van der Waals surface area contributed by atoms with E-state index < -0.39 is 29.2 Å². The van der Waals surface area contributed by atoms with Crippen molar-refractivity contribution < 1.29 is 22.8 Å². The Hall–Kier alpha value is -3.14. The van der Waals surface area contributed by atoms with Gasteiger partial charge in [-0.3, -0.25) is 14.3 Å². The minimum absolute atomic E-state index is 0.0472. The average molecular weight is 408 g/mol. The molecule has 1 atom stereocenters. The monoisotopic (exact) mass is 408 g/mol. The maximum absolute atomic E-state index is 13.0. The average Bonchev–Trinajstić information content (AvgIpc) is 3.36. The summed E-state index contributed by atoms with van der Waals surface area (Å²) in [5.74, 6) is -2.22. The van der Waals surface area contributed by atoms with Crippen molar-refractivity contribution in [1.29, 1.82) is 0 Å². The van der Waals surface area contributed by atoms with Crippen LogP contribution in [0.15, 0.2) is 59.6 Å². The van der Waals surface area contributed by atoms with Gasteiger partial charge >= 0.3 is 18.0 Å². The molecule has 0 unspecified atom stereocenters. The van der Waals surface area contributed by atoms with Crippen LogP contribution in [0.1, 0.15) is 17.2 Å². The second-order valence-corrected chi connectivity index (χ2v) is 6.55. The second-order valence-electron chi connectivity index (χ2n) is 5.77. The van der Waals surface area contributed by atoms with E-state index in [0.29, 0.717) is 0 Å². The van der Waals surface area contributed by atoms with Crippen LogP contribution in [0.4, 0.5) is 18.9 Å². The third-order valence-electron chi connectivity index (χ3n) is 3.92. The highest BCUT2D eigenvalue weighted by atomic mass is 32.1. The van der Waals surface area contributed by atoms with Crippen LogP contribution in [0.25, 0.3) is 0 Å². The van der Waals surface area contributed by atoms with Gasteiger partial charge in [0.15, 0.2) is 0 Å². The van der Waals surface area contributed by atoms with Crippen LogP contribution in [0, 0.1) is 0 Å². The number of amides is 2. The molecular formula is C18H15F3N4O2S. The molecule has 2 N–H and O–H groups in total. The Balaban J connectivity index is 1.67. The molecule has 146 valence electrons. The molecular weight excluding hydrogens is 393 g/mol. The molecule has 6 nitrogen and oxygen atoms in total. The van der Waals surface area contributed by atoms with E-state index in [2.05, 4.69) is 10.4 Å². The first kappa shape index (κ1) is 19.6. The predicted octanol–water partition coefficient (Wildman–Crippen LogP) is 3.31. The smallest absolute Gasteiger partial charge is 0.345 e. The number of anilines is 1. The van der Waals surface area contributed by atoms with Crippen molar-refractivity contribution in [1.82, 2.24) is 15.1 Å². The van der Waals surface area contributed by atoms with Gasteiger partial charge in [-0.05, 0) is 40.6 Å². The molecule has 0 aliphatic rings. The van der Waals surface area contributed by atoms with E-state index in [1.807, 2.05) is 22.1 Å². The summed E-state index contributed by atoms with van der Waals surface area (Å²) in [6.45, 7) is 0.0472. The fraction of sp³-hybridized carbons (Fsp3) is 0.167. The van der Waals surface area contributed by atoms with Gasteiger partial charge in [0.2, 0.25) is 0 Å². The summed E-state index contributed by atoms with van der Waals surface area (Å²) in [7, 11) is 0. The highest BCUT2D eigenvalue weighted by Crippen LogP contribution is 2.34. The summed E-state index contributed by atoms with van der Waals surface area (Å²) >= 11 is 1.47. The van der Waals surface area contributed by atoms with Gasteiger partial charge in [-0.1, -0.05) is 12.1 Å². The highest BCUT2D eigenvalue weighted by molar-refractivity contribution is 7.08. The Morgan fingerprint density at radius 2 is 1.93 bits per heavy atom. The molecule has 10 heteroatoms. The minimum atomic E-state index is -4.65. The molecule has 2 amide bonds. The van der Waals surface area contributed by atoms with Crippen LogP contribution < -0.4 is 10.6 Å². The van der Waals surface area contributed by atoms with Gasteiger partial charge in [0.1, 0.15) is 0 Å². The molecule has 2 aromatic heterocycles. The molecule has 3 aromatic rings. The number of carbonyl (C=O) groups is 2. The van der Waals surface area contributed by atoms with Crippen molar-refractivity contribution in [3.63, 3.8) is 0 Å². The number of hydrogen-bond acceptors (Lipinski definition) is 4. The Morgan fingerprint density at radius 3 is 2.57 bits per heavy atom. The molecule has 0 radical (unpaired) electrons. The Morgan fingerprint density at radius 1 is 1.14 bits per heavy atom. The fourth-order valence-corrected chi connectivity index (χ4v) is 3.29. The third-order valence-corrected chi connectivity index (χ3v) is 4.62. The summed E-state index contributed by atoms with van der Waals surface area (Å²) in [6, 6.07) is 7.70. The molecule has 0 aliphatic carbocycles. The van der Waals surface area contributed by atoms with Crippen molar-refractivity contribution in [3.8, 4) is 0 Å². The number of benzene rings is 1. The van der Waals surface area contributed by atoms with Crippen LogP contribution in [0.5, 0.6) is 0 Å². The topological polar surface area (TPSA) is 76.0 Å². The van der Waals surface area contributed by atoms with E-state index in [9.17, 15) is 22.8 Å². The number of nitrogens with one attached hydrogen (secondary N) is 2. The molecule has 0 aliphatic heterocycles. The van der Waals surface area contributed by atoms with Crippen LogP contribution in [0.2, 0.25) is 0 Å². The lowest BCUT2D eigenvalue weighted by molar-refractivity contribution is -0.138. The maximum atomic E-state index is 13.0. The maximum Gasteiger partial charge on any atom is 0.418 e. The lowest BCUT2D eigenvalue weighted by Crippen LogP contribution is -2.39. The zero-order chi connectivity index (χ0) is 20.1. The standard InChI is InChI=1S/C18H15F3N4O2S/c19-18(20,21)13-4-1-2-5-14(13)24-17(27)16(26)22-10-15(12-6-9-28-11-12)25-8-3-7-23-25/h1-9,11,15H,10H2,(H,22,26)(H,24,27)/t15-/m0/s1. The van der Waals surface area contributed by atoms with E-state index in [1.165, 1.54) is 23.5 Å². The van der Waals surface area contributed by atoms with E-state index in [0.717, 1.165) is 17.7 Å². The van der Waals surface area contributed by atoms with Crippen molar-refractivity contribution >= 4 is 28.8 Å². The molecule has 2 heterocycles. The van der Waals surface area contributed by atoms with E-state index in [-0.39, 0.29) is 12.6 Å². The number of halogens is 3. The van der Waals surface area contributed by atoms with Gasteiger partial charge in [-0.15, -0.1) is 0 Å². The number of rotatable bonds is 5. The zero-order valence-corrected chi connectivity index (χ0v) is 15.1. The number of aromatic nitrogens is 2. The summed E-state index contributed by atoms with van der Waals surface area (Å²) in [5, 5.41) is 12.4. The Kier molecular flexibility index (Phi) is 5.78. The number of carbonyl (C=O) groups excluding carboxylic acids is 2. The van der Waals surface area contributed by atoms with Crippen LogP contribution >= 0.6 is 11.3 Å². The molecule has 0 fully saturated rings. The SMILES string of the molecule is O=C(NC[C@@H](c1ccsc1)n1cccn1)C(=O)Nc1ccccc1C(F)(F)F. The predicted molar refractivity (Wildman–Crippen MR) is 97.8 cm³/mol. The number of nitrogens with zero attached hydrogens (tertiary/aromatic N) is 2. The van der Waals surface area contributed by atoms with Crippen molar-refractivity contribution in [2.75, 3.05) is 11.9 Å². The summed E-state index contributed by atoms with van der Waals surface area (Å²) < 4.78 is 40.6. The van der Waals surface area contributed by atoms with Crippen molar-refractivity contribution in [2.24, 2.45) is 0 Å². The number of thiophene rings is 1. The lowest BCUT2D eigenvalue weighted by Gasteiger charge is -2.18.